The van der Waals surface area contributed by atoms with Crippen LogP contribution in [-0.4, -0.2) is 30.5 Å². The van der Waals surface area contributed by atoms with E-state index in [1.807, 2.05) is 12.1 Å². The van der Waals surface area contributed by atoms with Gasteiger partial charge in [-0.2, -0.15) is 0 Å². The summed E-state index contributed by atoms with van der Waals surface area (Å²) in [5.41, 5.74) is 0.923. The van der Waals surface area contributed by atoms with E-state index in [-0.39, 0.29) is 13.2 Å². The predicted octanol–water partition coefficient (Wildman–Crippen LogP) is 7.77. The van der Waals surface area contributed by atoms with Gasteiger partial charge in [0.05, 0.1) is 5.92 Å². The molecule has 0 fully saturated rings. The number of carbonyl (C=O) groups excluding carboxylic acids is 1. The van der Waals surface area contributed by atoms with Gasteiger partial charge in [-0.05, 0) is 48.4 Å². The van der Waals surface area contributed by atoms with Crippen LogP contribution in [0.4, 0.5) is 0 Å². The van der Waals surface area contributed by atoms with Crippen molar-refractivity contribution in [3.8, 4) is 5.75 Å². The molecular weight excluding hydrogens is 475 g/mol. The Kier molecular flexibility index (Phi) is 14.0. The van der Waals surface area contributed by atoms with Gasteiger partial charge in [0, 0.05) is 16.5 Å². The molecule has 0 amide bonds. The Morgan fingerprint density at radius 1 is 0.853 bits per heavy atom. The van der Waals surface area contributed by atoms with E-state index in [1.165, 1.54) is 25.7 Å². The lowest BCUT2D eigenvalue weighted by Gasteiger charge is -2.23. The average molecular weight is 511 g/mol. The topological polar surface area (TPSA) is 65.0 Å². The maximum Gasteiger partial charge on any atom is 0.311 e. The second-order valence-electron chi connectivity index (χ2n) is 8.46. The second-order valence-corrected chi connectivity index (χ2v) is 9.33. The molecular formula is C27H36Cl2O5. The molecule has 2 unspecified atom stereocenters. The van der Waals surface area contributed by atoms with Crippen LogP contribution in [0.3, 0.4) is 0 Å². The Morgan fingerprint density at radius 2 is 1.44 bits per heavy atom. The minimum Gasteiger partial charge on any atom is -0.490 e. The van der Waals surface area contributed by atoms with E-state index >= 15 is 0 Å². The Balaban J connectivity index is 1.89. The van der Waals surface area contributed by atoms with Crippen LogP contribution < -0.4 is 4.74 Å². The molecule has 7 heteroatoms. The van der Waals surface area contributed by atoms with E-state index in [0.717, 1.165) is 24.8 Å². The highest BCUT2D eigenvalue weighted by atomic mass is 35.5. The molecule has 2 atom stereocenters. The molecule has 0 aliphatic carbocycles. The summed E-state index contributed by atoms with van der Waals surface area (Å²) in [4.78, 5) is 17.7. The second kappa shape index (κ2) is 16.8. The molecule has 0 saturated heterocycles. The van der Waals surface area contributed by atoms with Crippen LogP contribution in [0.25, 0.3) is 0 Å². The molecule has 0 bridgehead atoms. The fraction of sp³-hybridized carbons (Fsp3) is 0.519. The molecule has 2 aromatic rings. The van der Waals surface area contributed by atoms with Gasteiger partial charge in [0.1, 0.15) is 25.1 Å². The largest absolute Gasteiger partial charge is 0.490 e. The van der Waals surface area contributed by atoms with E-state index in [9.17, 15) is 10.1 Å². The maximum atomic E-state index is 12.9. The van der Waals surface area contributed by atoms with Crippen LogP contribution in [0.15, 0.2) is 48.5 Å². The van der Waals surface area contributed by atoms with Crippen LogP contribution in [-0.2, 0) is 20.8 Å². The molecule has 0 radical (unpaired) electrons. The number of hydrogen-bond donors (Lipinski definition) is 1. The zero-order valence-corrected chi connectivity index (χ0v) is 21.4. The van der Waals surface area contributed by atoms with E-state index in [4.69, 9.17) is 37.6 Å². The van der Waals surface area contributed by atoms with Crippen molar-refractivity contribution in [2.75, 3.05) is 13.2 Å². The summed E-state index contributed by atoms with van der Waals surface area (Å²) >= 11 is 11.9. The SMILES string of the molecule is CCCCCCCCCC(C(=O)OCCOc1ccc(Cl)cc1)C(Cc1ccc(Cl)cc1)OO. The molecule has 0 aromatic heterocycles. The molecule has 0 heterocycles. The molecule has 0 saturated carbocycles. The predicted molar refractivity (Wildman–Crippen MR) is 137 cm³/mol. The quantitative estimate of drug-likeness (QED) is 0.102. The number of unbranched alkanes of at least 4 members (excludes halogenated alkanes) is 6. The summed E-state index contributed by atoms with van der Waals surface area (Å²) in [6, 6.07) is 14.3. The van der Waals surface area contributed by atoms with Crippen molar-refractivity contribution in [3.05, 3.63) is 64.1 Å². The third-order valence-corrected chi connectivity index (χ3v) is 6.27. The molecule has 188 valence electrons. The lowest BCUT2D eigenvalue weighted by Crippen LogP contribution is -2.34. The molecule has 2 aromatic carbocycles. The highest BCUT2D eigenvalue weighted by Gasteiger charge is 2.31. The summed E-state index contributed by atoms with van der Waals surface area (Å²) in [6.45, 7) is 2.53. The molecule has 34 heavy (non-hydrogen) atoms. The summed E-state index contributed by atoms with van der Waals surface area (Å²) in [5, 5.41) is 10.9. The van der Waals surface area contributed by atoms with Gasteiger partial charge in [0.25, 0.3) is 0 Å². The van der Waals surface area contributed by atoms with Gasteiger partial charge in [0.15, 0.2) is 0 Å². The van der Waals surface area contributed by atoms with Crippen molar-refractivity contribution in [2.45, 2.75) is 70.8 Å². The summed E-state index contributed by atoms with van der Waals surface area (Å²) in [5.74, 6) is -0.315. The van der Waals surface area contributed by atoms with Crippen LogP contribution in [0.2, 0.25) is 10.0 Å². The molecule has 0 aliphatic heterocycles. The molecule has 2 rings (SSSR count). The van der Waals surface area contributed by atoms with E-state index in [2.05, 4.69) is 6.92 Å². The lowest BCUT2D eigenvalue weighted by atomic mass is 9.91. The zero-order valence-electron chi connectivity index (χ0n) is 19.9. The zero-order chi connectivity index (χ0) is 24.6. The van der Waals surface area contributed by atoms with Gasteiger partial charge >= 0.3 is 5.97 Å². The standard InChI is InChI=1S/C27H36Cl2O5/c1-2-3-4-5-6-7-8-9-25(26(34-31)20-21-10-12-22(28)13-11-21)27(30)33-19-18-32-24-16-14-23(29)15-17-24/h10-17,25-26,31H,2-9,18-20H2,1H3. The smallest absolute Gasteiger partial charge is 0.311 e. The van der Waals surface area contributed by atoms with Crippen molar-refractivity contribution in [3.63, 3.8) is 0 Å². The number of ether oxygens (including phenoxy) is 2. The number of carbonyl (C=O) groups is 1. The van der Waals surface area contributed by atoms with E-state index < -0.39 is 18.0 Å². The first-order chi connectivity index (χ1) is 16.5. The van der Waals surface area contributed by atoms with Gasteiger partial charge in [-0.15, -0.1) is 0 Å². The average Bonchev–Trinajstić information content (AvgIpc) is 2.84. The summed E-state index contributed by atoms with van der Waals surface area (Å²) in [6.07, 6.45) is 8.23. The Bertz CT molecular complexity index is 811. The molecule has 0 spiro atoms. The lowest BCUT2D eigenvalue weighted by molar-refractivity contribution is -0.290. The Morgan fingerprint density at radius 3 is 2.06 bits per heavy atom. The van der Waals surface area contributed by atoms with Gasteiger partial charge in [-0.25, -0.2) is 4.89 Å². The van der Waals surface area contributed by atoms with E-state index in [0.29, 0.717) is 28.6 Å². The minimum absolute atomic E-state index is 0.105. The van der Waals surface area contributed by atoms with Crippen LogP contribution in [0.1, 0.15) is 63.9 Å². The van der Waals surface area contributed by atoms with Crippen LogP contribution in [0, 0.1) is 5.92 Å². The Labute approximate surface area is 213 Å². The third kappa shape index (κ3) is 11.1. The summed E-state index contributed by atoms with van der Waals surface area (Å²) < 4.78 is 11.1. The third-order valence-electron chi connectivity index (χ3n) is 5.77. The minimum atomic E-state index is -0.703. The van der Waals surface area contributed by atoms with Crippen molar-refractivity contribution in [1.82, 2.24) is 0 Å². The maximum absolute atomic E-state index is 12.9. The first-order valence-electron chi connectivity index (χ1n) is 12.1. The van der Waals surface area contributed by atoms with Gasteiger partial charge in [-0.1, -0.05) is 87.2 Å². The van der Waals surface area contributed by atoms with E-state index in [1.54, 1.807) is 36.4 Å². The number of rotatable bonds is 17. The van der Waals surface area contributed by atoms with Crippen molar-refractivity contribution < 1.29 is 24.4 Å². The number of benzene rings is 2. The van der Waals surface area contributed by atoms with Crippen molar-refractivity contribution >= 4 is 29.2 Å². The first-order valence-corrected chi connectivity index (χ1v) is 12.9. The van der Waals surface area contributed by atoms with Crippen LogP contribution >= 0.6 is 23.2 Å². The fourth-order valence-electron chi connectivity index (χ4n) is 3.82. The highest BCUT2D eigenvalue weighted by molar-refractivity contribution is 6.30. The first kappa shape index (κ1) is 28.4. The van der Waals surface area contributed by atoms with Gasteiger partial charge in [0.2, 0.25) is 0 Å². The van der Waals surface area contributed by atoms with Crippen molar-refractivity contribution in [2.24, 2.45) is 5.92 Å². The highest BCUT2D eigenvalue weighted by Crippen LogP contribution is 2.23. The molecule has 0 aliphatic rings. The van der Waals surface area contributed by atoms with Crippen molar-refractivity contribution in [1.29, 1.82) is 0 Å². The van der Waals surface area contributed by atoms with Gasteiger partial charge < -0.3 is 9.47 Å². The fourth-order valence-corrected chi connectivity index (χ4v) is 4.07. The molecule has 1 N–H and O–H groups in total. The number of halogens is 2. The number of esters is 1. The Hall–Kier alpha value is -1.79. The summed E-state index contributed by atoms with van der Waals surface area (Å²) in [7, 11) is 0. The normalized spacial score (nSPS) is 12.8. The molecule has 5 nitrogen and oxygen atoms in total. The van der Waals surface area contributed by atoms with Crippen LogP contribution in [0.5, 0.6) is 5.75 Å². The monoisotopic (exact) mass is 510 g/mol. The van der Waals surface area contributed by atoms with Gasteiger partial charge in [-0.3, -0.25) is 10.1 Å². The number of hydrogen-bond acceptors (Lipinski definition) is 5.